The summed E-state index contributed by atoms with van der Waals surface area (Å²) >= 11 is 4.39. The van der Waals surface area contributed by atoms with Crippen molar-refractivity contribution in [3.8, 4) is 0 Å². The maximum atomic E-state index is 5.21. The van der Waals surface area contributed by atoms with Crippen LogP contribution in [0, 0.1) is 0 Å². The molecule has 2 heteroatoms. The number of hydrogen-bond acceptors (Lipinski definition) is 2. The van der Waals surface area contributed by atoms with Gasteiger partial charge in [0.15, 0.2) is 0 Å². The predicted molar refractivity (Wildman–Crippen MR) is 42.0 cm³/mol. The average Bonchev–Trinajstić information content (AvgIpc) is 1.88. The molecule has 0 N–H and O–H groups in total. The van der Waals surface area contributed by atoms with Crippen LogP contribution in [0.3, 0.4) is 0 Å². The van der Waals surface area contributed by atoms with E-state index in [0.29, 0.717) is 11.4 Å². The molecule has 0 radical (unpaired) electrons. The zero-order chi connectivity index (χ0) is 6.69. The van der Waals surface area contributed by atoms with E-state index in [1.54, 1.807) is 7.11 Å². The minimum Gasteiger partial charge on any atom is -0.381 e. The highest BCUT2D eigenvalue weighted by Crippen LogP contribution is 2.23. The summed E-state index contributed by atoms with van der Waals surface area (Å²) in [6, 6.07) is 0. The average molecular weight is 146 g/mol. The SMILES string of the molecule is CO[C@H]1CCC[C@H](S)C1. The third kappa shape index (κ3) is 2.18. The Kier molecular flexibility index (Phi) is 2.86. The first kappa shape index (κ1) is 7.42. The molecule has 1 aliphatic carbocycles. The van der Waals surface area contributed by atoms with Crippen LogP contribution < -0.4 is 0 Å². The highest BCUT2D eigenvalue weighted by molar-refractivity contribution is 7.80. The van der Waals surface area contributed by atoms with Crippen LogP contribution in [0.2, 0.25) is 0 Å². The Hall–Kier alpha value is 0.310. The van der Waals surface area contributed by atoms with Crippen molar-refractivity contribution in [3.05, 3.63) is 0 Å². The van der Waals surface area contributed by atoms with Gasteiger partial charge in [-0.2, -0.15) is 12.6 Å². The van der Waals surface area contributed by atoms with Crippen molar-refractivity contribution in [1.29, 1.82) is 0 Å². The second-order valence-corrected chi connectivity index (χ2v) is 3.41. The van der Waals surface area contributed by atoms with Gasteiger partial charge < -0.3 is 4.74 Å². The number of hydrogen-bond donors (Lipinski definition) is 1. The fourth-order valence-electron chi connectivity index (χ4n) is 1.33. The van der Waals surface area contributed by atoms with Gasteiger partial charge in [0.1, 0.15) is 0 Å². The van der Waals surface area contributed by atoms with E-state index in [0.717, 1.165) is 6.42 Å². The molecule has 0 unspecified atom stereocenters. The van der Waals surface area contributed by atoms with E-state index in [4.69, 9.17) is 4.74 Å². The molecule has 0 aromatic carbocycles. The molecule has 0 amide bonds. The second kappa shape index (κ2) is 3.47. The molecule has 54 valence electrons. The normalized spacial score (nSPS) is 36.7. The molecule has 2 atom stereocenters. The van der Waals surface area contributed by atoms with Gasteiger partial charge >= 0.3 is 0 Å². The van der Waals surface area contributed by atoms with Crippen molar-refractivity contribution < 1.29 is 4.74 Å². The molecular weight excluding hydrogens is 132 g/mol. The Balaban J connectivity index is 2.23. The van der Waals surface area contributed by atoms with Crippen LogP contribution in [0.15, 0.2) is 0 Å². The molecule has 9 heavy (non-hydrogen) atoms. The fourth-order valence-corrected chi connectivity index (χ4v) is 1.75. The molecule has 1 saturated carbocycles. The van der Waals surface area contributed by atoms with Gasteiger partial charge in [0.05, 0.1) is 6.10 Å². The fraction of sp³-hybridized carbons (Fsp3) is 1.00. The third-order valence-corrected chi connectivity index (χ3v) is 2.40. The lowest BCUT2D eigenvalue weighted by atomic mass is 9.97. The summed E-state index contributed by atoms with van der Waals surface area (Å²) in [6.45, 7) is 0. The highest BCUT2D eigenvalue weighted by atomic mass is 32.1. The Bertz CT molecular complexity index is 85.0. The maximum absolute atomic E-state index is 5.21. The molecule has 1 fully saturated rings. The molecule has 0 aliphatic heterocycles. The molecule has 0 saturated heterocycles. The molecule has 1 nitrogen and oxygen atoms in total. The van der Waals surface area contributed by atoms with Crippen molar-refractivity contribution in [2.45, 2.75) is 37.0 Å². The van der Waals surface area contributed by atoms with Crippen LogP contribution in [0.5, 0.6) is 0 Å². The third-order valence-electron chi connectivity index (χ3n) is 1.93. The van der Waals surface area contributed by atoms with E-state index < -0.39 is 0 Å². The summed E-state index contributed by atoms with van der Waals surface area (Å²) in [4.78, 5) is 0. The molecule has 1 aliphatic rings. The van der Waals surface area contributed by atoms with Gasteiger partial charge in [-0.05, 0) is 25.7 Å². The van der Waals surface area contributed by atoms with Gasteiger partial charge in [-0.25, -0.2) is 0 Å². The highest BCUT2D eigenvalue weighted by Gasteiger charge is 2.17. The van der Waals surface area contributed by atoms with Crippen LogP contribution in [-0.2, 0) is 4.74 Å². The van der Waals surface area contributed by atoms with E-state index in [2.05, 4.69) is 12.6 Å². The van der Waals surface area contributed by atoms with Crippen molar-refractivity contribution >= 4 is 12.6 Å². The van der Waals surface area contributed by atoms with E-state index in [9.17, 15) is 0 Å². The Morgan fingerprint density at radius 2 is 2.22 bits per heavy atom. The molecule has 0 aromatic rings. The summed E-state index contributed by atoms with van der Waals surface area (Å²) in [6.07, 6.45) is 5.41. The van der Waals surface area contributed by atoms with Gasteiger partial charge in [-0.3, -0.25) is 0 Å². The summed E-state index contributed by atoms with van der Waals surface area (Å²) < 4.78 is 5.21. The van der Waals surface area contributed by atoms with Crippen LogP contribution in [-0.4, -0.2) is 18.5 Å². The zero-order valence-corrected chi connectivity index (χ0v) is 6.73. The largest absolute Gasteiger partial charge is 0.381 e. The number of methoxy groups -OCH3 is 1. The summed E-state index contributed by atoms with van der Waals surface area (Å²) in [5.74, 6) is 0. The first-order valence-electron chi connectivity index (χ1n) is 3.54. The molecular formula is C7H14OS. The van der Waals surface area contributed by atoms with Crippen LogP contribution >= 0.6 is 12.6 Å². The van der Waals surface area contributed by atoms with Crippen molar-refractivity contribution in [1.82, 2.24) is 0 Å². The number of ether oxygens (including phenoxy) is 1. The van der Waals surface area contributed by atoms with E-state index >= 15 is 0 Å². The van der Waals surface area contributed by atoms with Gasteiger partial charge in [0.2, 0.25) is 0 Å². The summed E-state index contributed by atoms with van der Waals surface area (Å²) in [7, 11) is 1.79. The first-order valence-corrected chi connectivity index (χ1v) is 4.05. The molecule has 0 heterocycles. The quantitative estimate of drug-likeness (QED) is 0.556. The maximum Gasteiger partial charge on any atom is 0.0581 e. The van der Waals surface area contributed by atoms with Crippen LogP contribution in [0.4, 0.5) is 0 Å². The van der Waals surface area contributed by atoms with Gasteiger partial charge in [-0.1, -0.05) is 0 Å². The van der Waals surface area contributed by atoms with E-state index in [1.165, 1.54) is 19.3 Å². The molecule has 0 spiro atoms. The predicted octanol–water partition coefficient (Wildman–Crippen LogP) is 1.87. The lowest BCUT2D eigenvalue weighted by molar-refractivity contribution is 0.0732. The molecule has 0 bridgehead atoms. The van der Waals surface area contributed by atoms with Crippen molar-refractivity contribution in [3.63, 3.8) is 0 Å². The van der Waals surface area contributed by atoms with Gasteiger partial charge in [0.25, 0.3) is 0 Å². The van der Waals surface area contributed by atoms with Gasteiger partial charge in [-0.15, -0.1) is 0 Å². The summed E-state index contributed by atoms with van der Waals surface area (Å²) in [5, 5.41) is 0.587. The topological polar surface area (TPSA) is 9.23 Å². The number of thiol groups is 1. The van der Waals surface area contributed by atoms with Crippen LogP contribution in [0.25, 0.3) is 0 Å². The van der Waals surface area contributed by atoms with Gasteiger partial charge in [0, 0.05) is 12.4 Å². The lowest BCUT2D eigenvalue weighted by Gasteiger charge is -2.24. The Labute approximate surface area is 62.2 Å². The first-order chi connectivity index (χ1) is 4.33. The molecule has 0 aromatic heterocycles. The van der Waals surface area contributed by atoms with Crippen molar-refractivity contribution in [2.75, 3.05) is 7.11 Å². The minimum absolute atomic E-state index is 0.487. The summed E-state index contributed by atoms with van der Waals surface area (Å²) in [5.41, 5.74) is 0. The Morgan fingerprint density at radius 1 is 1.44 bits per heavy atom. The van der Waals surface area contributed by atoms with E-state index in [1.807, 2.05) is 0 Å². The number of rotatable bonds is 1. The van der Waals surface area contributed by atoms with Crippen LogP contribution in [0.1, 0.15) is 25.7 Å². The second-order valence-electron chi connectivity index (χ2n) is 2.68. The van der Waals surface area contributed by atoms with E-state index in [-0.39, 0.29) is 0 Å². The standard InChI is InChI=1S/C7H14OS/c1-8-6-3-2-4-7(9)5-6/h6-7,9H,2-5H2,1H3/t6-,7-/m0/s1. The zero-order valence-electron chi connectivity index (χ0n) is 5.84. The Morgan fingerprint density at radius 3 is 2.67 bits per heavy atom. The smallest absolute Gasteiger partial charge is 0.0581 e. The minimum atomic E-state index is 0.487. The van der Waals surface area contributed by atoms with Crippen molar-refractivity contribution in [2.24, 2.45) is 0 Å². The monoisotopic (exact) mass is 146 g/mol. The molecule has 1 rings (SSSR count). The lowest BCUT2D eigenvalue weighted by Crippen LogP contribution is -2.21.